The maximum atomic E-state index is 6.08. The van der Waals surface area contributed by atoms with E-state index in [2.05, 4.69) is 55.7 Å². The van der Waals surface area contributed by atoms with E-state index in [-0.39, 0.29) is 5.41 Å². The van der Waals surface area contributed by atoms with Crippen molar-refractivity contribution in [3.8, 4) is 5.69 Å². The van der Waals surface area contributed by atoms with E-state index in [1.807, 2.05) is 24.3 Å². The molecule has 0 saturated heterocycles. The fourth-order valence-corrected chi connectivity index (χ4v) is 2.31. The molecule has 2 nitrogen and oxygen atoms in total. The number of fused-ring (bicyclic) bond motifs is 1. The summed E-state index contributed by atoms with van der Waals surface area (Å²) in [5, 5.41) is 0. The van der Waals surface area contributed by atoms with Gasteiger partial charge in [-0.2, -0.15) is 0 Å². The molecule has 0 fully saturated rings. The summed E-state index contributed by atoms with van der Waals surface area (Å²) in [6.07, 6.45) is 0. The summed E-state index contributed by atoms with van der Waals surface area (Å²) < 4.78 is 8.28. The molecule has 0 unspecified atom stereocenters. The van der Waals surface area contributed by atoms with Crippen molar-refractivity contribution in [3.05, 3.63) is 60.5 Å². The molecule has 96 valence electrons. The Morgan fingerprint density at radius 1 is 0.842 bits per heavy atom. The van der Waals surface area contributed by atoms with E-state index in [0.29, 0.717) is 0 Å². The van der Waals surface area contributed by atoms with Gasteiger partial charge in [0.2, 0.25) is 11.3 Å². The van der Waals surface area contributed by atoms with Gasteiger partial charge in [-0.3, -0.25) is 0 Å². The predicted octanol–water partition coefficient (Wildman–Crippen LogP) is 4.01. The first-order valence-electron chi connectivity index (χ1n) is 6.57. The zero-order valence-electron chi connectivity index (χ0n) is 11.6. The molecule has 0 bridgehead atoms. The molecule has 1 aromatic heterocycles. The highest BCUT2D eigenvalue weighted by Crippen LogP contribution is 2.25. The normalized spacial score (nSPS) is 11.9. The standard InChI is InChI=1S/C17H18NO/c1-17(2,3)16-18(13-9-5-4-6-10-13)14-11-7-8-12-15(14)19-16/h4-12H,1-3H3/q+1. The summed E-state index contributed by atoms with van der Waals surface area (Å²) in [4.78, 5) is 0. The van der Waals surface area contributed by atoms with E-state index in [4.69, 9.17) is 4.42 Å². The number of aromatic nitrogens is 1. The van der Waals surface area contributed by atoms with Gasteiger partial charge in [0.05, 0.1) is 5.41 Å². The Hall–Kier alpha value is -2.09. The van der Waals surface area contributed by atoms with E-state index in [9.17, 15) is 0 Å². The summed E-state index contributed by atoms with van der Waals surface area (Å²) >= 11 is 0. The second-order valence-electron chi connectivity index (χ2n) is 5.80. The molecule has 0 aliphatic rings. The molecule has 0 atom stereocenters. The molecule has 3 aromatic rings. The summed E-state index contributed by atoms with van der Waals surface area (Å²) in [5.41, 5.74) is 3.13. The molecule has 19 heavy (non-hydrogen) atoms. The van der Waals surface area contributed by atoms with Gasteiger partial charge in [0.25, 0.3) is 5.52 Å². The fourth-order valence-electron chi connectivity index (χ4n) is 2.31. The second kappa shape index (κ2) is 4.23. The highest BCUT2D eigenvalue weighted by molar-refractivity contribution is 5.69. The number of oxazole rings is 1. The van der Waals surface area contributed by atoms with E-state index < -0.39 is 0 Å². The third kappa shape index (κ3) is 2.03. The van der Waals surface area contributed by atoms with E-state index in [0.717, 1.165) is 22.7 Å². The molecule has 0 amide bonds. The average molecular weight is 252 g/mol. The van der Waals surface area contributed by atoms with Crippen molar-refractivity contribution < 1.29 is 8.98 Å². The van der Waals surface area contributed by atoms with Crippen molar-refractivity contribution in [2.45, 2.75) is 26.2 Å². The number of nitrogens with zero attached hydrogens (tertiary/aromatic N) is 1. The maximum Gasteiger partial charge on any atom is 0.359 e. The van der Waals surface area contributed by atoms with Crippen molar-refractivity contribution in [2.75, 3.05) is 0 Å². The van der Waals surface area contributed by atoms with Crippen LogP contribution >= 0.6 is 0 Å². The molecule has 2 aromatic carbocycles. The molecule has 2 heteroatoms. The maximum absolute atomic E-state index is 6.08. The van der Waals surface area contributed by atoms with Gasteiger partial charge in [0.15, 0.2) is 0 Å². The minimum absolute atomic E-state index is 0.0468. The first kappa shape index (κ1) is 12.0. The smallest absolute Gasteiger partial charge is 0.359 e. The number of hydrogen-bond donors (Lipinski definition) is 0. The van der Waals surface area contributed by atoms with Crippen molar-refractivity contribution in [2.24, 2.45) is 0 Å². The van der Waals surface area contributed by atoms with Crippen LogP contribution in [0.2, 0.25) is 0 Å². The second-order valence-corrected chi connectivity index (χ2v) is 5.80. The first-order chi connectivity index (χ1) is 9.07. The van der Waals surface area contributed by atoms with Gasteiger partial charge in [-0.15, -0.1) is 4.57 Å². The number of hydrogen-bond acceptors (Lipinski definition) is 1. The van der Waals surface area contributed by atoms with Crippen LogP contribution in [0.5, 0.6) is 0 Å². The lowest BCUT2D eigenvalue weighted by Crippen LogP contribution is -2.39. The van der Waals surface area contributed by atoms with Crippen LogP contribution in [-0.4, -0.2) is 0 Å². The topological polar surface area (TPSA) is 17.0 Å². The van der Waals surface area contributed by atoms with E-state index >= 15 is 0 Å². The van der Waals surface area contributed by atoms with Crippen LogP contribution in [0.15, 0.2) is 59.0 Å². The summed E-state index contributed by atoms with van der Waals surface area (Å²) in [6, 6.07) is 18.5. The molecule has 0 N–H and O–H groups in total. The molecule has 0 aliphatic heterocycles. The minimum Gasteiger partial charge on any atom is -0.401 e. The highest BCUT2D eigenvalue weighted by atomic mass is 16.4. The molecule has 3 rings (SSSR count). The van der Waals surface area contributed by atoms with Gasteiger partial charge in [-0.1, -0.05) is 30.3 Å². The molecule has 0 radical (unpaired) electrons. The monoisotopic (exact) mass is 252 g/mol. The third-order valence-electron chi connectivity index (χ3n) is 3.17. The van der Waals surface area contributed by atoms with Crippen LogP contribution in [0.25, 0.3) is 16.8 Å². The van der Waals surface area contributed by atoms with Gasteiger partial charge in [-0.25, -0.2) is 0 Å². The van der Waals surface area contributed by atoms with Gasteiger partial charge < -0.3 is 4.42 Å². The third-order valence-corrected chi connectivity index (χ3v) is 3.17. The Morgan fingerprint density at radius 2 is 1.47 bits per heavy atom. The van der Waals surface area contributed by atoms with Crippen LogP contribution in [0.1, 0.15) is 26.7 Å². The lowest BCUT2D eigenvalue weighted by Gasteiger charge is -2.10. The van der Waals surface area contributed by atoms with E-state index in [1.54, 1.807) is 0 Å². The Labute approximate surface area is 113 Å². The van der Waals surface area contributed by atoms with Gasteiger partial charge >= 0.3 is 5.89 Å². The van der Waals surface area contributed by atoms with Crippen LogP contribution < -0.4 is 4.57 Å². The van der Waals surface area contributed by atoms with Gasteiger partial charge in [-0.05, 0) is 26.8 Å². The summed E-state index contributed by atoms with van der Waals surface area (Å²) in [5.74, 6) is 0.972. The minimum atomic E-state index is -0.0468. The van der Waals surface area contributed by atoms with Crippen molar-refractivity contribution in [3.63, 3.8) is 0 Å². The quantitative estimate of drug-likeness (QED) is 0.598. The average Bonchev–Trinajstić information content (AvgIpc) is 2.79. The molecular formula is C17H18NO+. The van der Waals surface area contributed by atoms with Crippen molar-refractivity contribution >= 4 is 11.1 Å². The van der Waals surface area contributed by atoms with Crippen molar-refractivity contribution in [1.82, 2.24) is 0 Å². The Balaban J connectivity index is 2.38. The first-order valence-corrected chi connectivity index (χ1v) is 6.57. The summed E-state index contributed by atoms with van der Waals surface area (Å²) in [7, 11) is 0. The lowest BCUT2D eigenvalue weighted by atomic mass is 9.96. The van der Waals surface area contributed by atoms with Crippen LogP contribution in [0.4, 0.5) is 0 Å². The fraction of sp³-hybridized carbons (Fsp3) is 0.235. The Morgan fingerprint density at radius 3 is 2.16 bits per heavy atom. The Kier molecular flexibility index (Phi) is 2.67. The molecule has 0 spiro atoms. The zero-order valence-corrected chi connectivity index (χ0v) is 11.6. The lowest BCUT2D eigenvalue weighted by molar-refractivity contribution is -0.587. The number of para-hydroxylation sites is 3. The molecular weight excluding hydrogens is 234 g/mol. The molecule has 1 heterocycles. The molecule has 0 saturated carbocycles. The SMILES string of the molecule is CC(C)(C)c1oc2ccccc2[n+]1-c1ccccc1. The van der Waals surface area contributed by atoms with Crippen LogP contribution in [0.3, 0.4) is 0 Å². The highest BCUT2D eigenvalue weighted by Gasteiger charge is 2.34. The van der Waals surface area contributed by atoms with Gasteiger partial charge in [0, 0.05) is 18.2 Å². The summed E-state index contributed by atoms with van der Waals surface area (Å²) in [6.45, 7) is 6.51. The zero-order chi connectivity index (χ0) is 13.5. The number of rotatable bonds is 1. The van der Waals surface area contributed by atoms with Crippen molar-refractivity contribution in [1.29, 1.82) is 0 Å². The Bertz CT molecular complexity index is 705. The molecule has 0 aliphatic carbocycles. The van der Waals surface area contributed by atoms with Crippen LogP contribution in [-0.2, 0) is 5.41 Å². The number of benzene rings is 2. The predicted molar refractivity (Wildman–Crippen MR) is 76.4 cm³/mol. The largest absolute Gasteiger partial charge is 0.401 e. The van der Waals surface area contributed by atoms with E-state index in [1.165, 1.54) is 0 Å². The van der Waals surface area contributed by atoms with Crippen LogP contribution in [0, 0.1) is 0 Å². The van der Waals surface area contributed by atoms with Gasteiger partial charge in [0.1, 0.15) is 0 Å².